The number of likely N-dealkylation sites (N-methyl/N-ethyl adjacent to an activating group) is 1. The molecule has 0 aliphatic rings. The van der Waals surface area contributed by atoms with Gasteiger partial charge in [-0.05, 0) is 25.0 Å². The molecule has 0 amide bonds. The Bertz CT molecular complexity index is 510. The molecule has 0 aromatic carbocycles. The number of rotatable bonds is 7. The average Bonchev–Trinajstić information content (AvgIpc) is 2.78. The third kappa shape index (κ3) is 3.77. The lowest BCUT2D eigenvalue weighted by Gasteiger charge is -2.14. The quantitative estimate of drug-likeness (QED) is 0.771. The minimum atomic E-state index is -3.74. The standard InChI is InChI=1S/C10H16N2O4S2/c1-3-12(2)6-5-11-18(15,16)8-4-7-17-9(8)10(13)14/h4,7,11H,3,5-6H2,1-2H3,(H,13,14). The van der Waals surface area contributed by atoms with E-state index < -0.39 is 16.0 Å². The number of carboxylic acids is 1. The fourth-order valence-corrected chi connectivity index (χ4v) is 3.55. The molecule has 2 N–H and O–H groups in total. The molecule has 6 nitrogen and oxygen atoms in total. The van der Waals surface area contributed by atoms with Gasteiger partial charge < -0.3 is 10.0 Å². The van der Waals surface area contributed by atoms with Gasteiger partial charge >= 0.3 is 5.97 Å². The van der Waals surface area contributed by atoms with Crippen molar-refractivity contribution in [1.82, 2.24) is 9.62 Å². The lowest BCUT2D eigenvalue weighted by Crippen LogP contribution is -2.33. The number of nitrogens with zero attached hydrogens (tertiary/aromatic N) is 1. The van der Waals surface area contributed by atoms with Crippen LogP contribution in [0.1, 0.15) is 16.6 Å². The third-order valence-corrected chi connectivity index (χ3v) is 4.97. The van der Waals surface area contributed by atoms with E-state index in [4.69, 9.17) is 5.11 Å². The van der Waals surface area contributed by atoms with Crippen LogP contribution in [0.25, 0.3) is 0 Å². The Morgan fingerprint density at radius 2 is 2.22 bits per heavy atom. The number of thiophene rings is 1. The Balaban J connectivity index is 2.75. The molecule has 0 aliphatic heterocycles. The summed E-state index contributed by atoms with van der Waals surface area (Å²) in [7, 11) is -1.87. The largest absolute Gasteiger partial charge is 0.477 e. The fraction of sp³-hybridized carbons (Fsp3) is 0.500. The fourth-order valence-electron chi connectivity index (χ4n) is 1.27. The molecule has 1 rings (SSSR count). The third-order valence-electron chi connectivity index (χ3n) is 2.44. The Morgan fingerprint density at radius 3 is 2.78 bits per heavy atom. The van der Waals surface area contributed by atoms with Gasteiger partial charge in [0.05, 0.1) is 0 Å². The van der Waals surface area contributed by atoms with Gasteiger partial charge in [0.25, 0.3) is 0 Å². The van der Waals surface area contributed by atoms with Crippen LogP contribution in [0.3, 0.4) is 0 Å². The molecule has 0 bridgehead atoms. The zero-order valence-electron chi connectivity index (χ0n) is 10.2. The monoisotopic (exact) mass is 292 g/mol. The van der Waals surface area contributed by atoms with Gasteiger partial charge in [-0.3, -0.25) is 0 Å². The molecular weight excluding hydrogens is 276 g/mol. The van der Waals surface area contributed by atoms with Crippen molar-refractivity contribution in [2.24, 2.45) is 0 Å². The topological polar surface area (TPSA) is 86.7 Å². The maximum atomic E-state index is 11.9. The highest BCUT2D eigenvalue weighted by Crippen LogP contribution is 2.21. The minimum Gasteiger partial charge on any atom is -0.477 e. The molecule has 0 radical (unpaired) electrons. The molecule has 1 aromatic heterocycles. The molecule has 0 saturated heterocycles. The van der Waals surface area contributed by atoms with Gasteiger partial charge in [-0.15, -0.1) is 11.3 Å². The van der Waals surface area contributed by atoms with Gasteiger partial charge in [-0.2, -0.15) is 0 Å². The molecule has 102 valence electrons. The first kappa shape index (κ1) is 15.1. The van der Waals surface area contributed by atoms with Crippen molar-refractivity contribution in [2.45, 2.75) is 11.8 Å². The number of carboxylic acid groups (broad SMARTS) is 1. The van der Waals surface area contributed by atoms with Crippen LogP contribution in [0.4, 0.5) is 0 Å². The van der Waals surface area contributed by atoms with E-state index in [0.717, 1.165) is 17.9 Å². The Hall–Kier alpha value is -0.960. The SMILES string of the molecule is CCN(C)CCNS(=O)(=O)c1ccsc1C(=O)O. The van der Waals surface area contributed by atoms with Crippen molar-refractivity contribution in [3.8, 4) is 0 Å². The zero-order chi connectivity index (χ0) is 13.8. The molecule has 0 spiro atoms. The smallest absolute Gasteiger partial charge is 0.347 e. The van der Waals surface area contributed by atoms with E-state index in [0.29, 0.717) is 6.54 Å². The normalized spacial score (nSPS) is 11.9. The number of hydrogen-bond donors (Lipinski definition) is 2. The van der Waals surface area contributed by atoms with E-state index in [1.165, 1.54) is 11.4 Å². The highest BCUT2D eigenvalue weighted by atomic mass is 32.2. The summed E-state index contributed by atoms with van der Waals surface area (Å²) in [6, 6.07) is 1.31. The van der Waals surface area contributed by atoms with E-state index in [9.17, 15) is 13.2 Å². The minimum absolute atomic E-state index is 0.161. The first-order chi connectivity index (χ1) is 8.38. The van der Waals surface area contributed by atoms with Crippen molar-refractivity contribution in [3.63, 3.8) is 0 Å². The number of aromatic carboxylic acids is 1. The van der Waals surface area contributed by atoms with Gasteiger partial charge in [0.1, 0.15) is 9.77 Å². The number of carbonyl (C=O) groups is 1. The molecule has 18 heavy (non-hydrogen) atoms. The maximum absolute atomic E-state index is 11.9. The zero-order valence-corrected chi connectivity index (χ0v) is 11.8. The molecule has 8 heteroatoms. The predicted molar refractivity (Wildman–Crippen MR) is 69.6 cm³/mol. The first-order valence-corrected chi connectivity index (χ1v) is 7.73. The second-order valence-electron chi connectivity index (χ2n) is 3.71. The summed E-state index contributed by atoms with van der Waals surface area (Å²) in [5, 5.41) is 10.3. The summed E-state index contributed by atoms with van der Waals surface area (Å²) in [5.74, 6) is -1.23. The van der Waals surface area contributed by atoms with E-state index in [-0.39, 0.29) is 16.3 Å². The van der Waals surface area contributed by atoms with Crippen molar-refractivity contribution in [3.05, 3.63) is 16.3 Å². The molecule has 1 heterocycles. The Labute approximate surface area is 110 Å². The Morgan fingerprint density at radius 1 is 1.56 bits per heavy atom. The second-order valence-corrected chi connectivity index (χ2v) is 6.36. The summed E-state index contributed by atoms with van der Waals surface area (Å²) in [6.45, 7) is 3.61. The van der Waals surface area contributed by atoms with Crippen LogP contribution < -0.4 is 4.72 Å². The molecule has 0 atom stereocenters. The van der Waals surface area contributed by atoms with Crippen LogP contribution in [0.2, 0.25) is 0 Å². The second kappa shape index (κ2) is 6.28. The van der Waals surface area contributed by atoms with E-state index in [1.807, 2.05) is 18.9 Å². The van der Waals surface area contributed by atoms with Crippen LogP contribution in [-0.2, 0) is 10.0 Å². The average molecular weight is 292 g/mol. The molecule has 0 aliphatic carbocycles. The highest BCUT2D eigenvalue weighted by Gasteiger charge is 2.23. The molecule has 0 saturated carbocycles. The number of hydrogen-bond acceptors (Lipinski definition) is 5. The summed E-state index contributed by atoms with van der Waals surface area (Å²) in [6.07, 6.45) is 0. The van der Waals surface area contributed by atoms with E-state index >= 15 is 0 Å². The van der Waals surface area contributed by atoms with Crippen LogP contribution in [-0.4, -0.2) is 51.1 Å². The van der Waals surface area contributed by atoms with Crippen LogP contribution >= 0.6 is 11.3 Å². The Kier molecular flexibility index (Phi) is 5.27. The van der Waals surface area contributed by atoms with Crippen molar-refractivity contribution in [2.75, 3.05) is 26.7 Å². The van der Waals surface area contributed by atoms with Crippen molar-refractivity contribution >= 4 is 27.3 Å². The highest BCUT2D eigenvalue weighted by molar-refractivity contribution is 7.89. The molecule has 1 aromatic rings. The summed E-state index contributed by atoms with van der Waals surface area (Å²) >= 11 is 0.900. The van der Waals surface area contributed by atoms with Crippen molar-refractivity contribution in [1.29, 1.82) is 0 Å². The predicted octanol–water partition coefficient (Wildman–Crippen LogP) is 0.676. The first-order valence-electron chi connectivity index (χ1n) is 5.37. The van der Waals surface area contributed by atoms with Gasteiger partial charge in [-0.1, -0.05) is 6.92 Å². The van der Waals surface area contributed by atoms with Crippen molar-refractivity contribution < 1.29 is 18.3 Å². The van der Waals surface area contributed by atoms with Crippen LogP contribution in [0.15, 0.2) is 16.3 Å². The number of sulfonamides is 1. The lowest BCUT2D eigenvalue weighted by molar-refractivity contribution is 0.0698. The summed E-state index contributed by atoms with van der Waals surface area (Å²) < 4.78 is 26.2. The van der Waals surface area contributed by atoms with E-state index in [2.05, 4.69) is 4.72 Å². The maximum Gasteiger partial charge on any atom is 0.347 e. The van der Waals surface area contributed by atoms with Crippen LogP contribution in [0.5, 0.6) is 0 Å². The molecule has 0 unspecified atom stereocenters. The van der Waals surface area contributed by atoms with E-state index in [1.54, 1.807) is 0 Å². The number of nitrogens with one attached hydrogen (secondary N) is 1. The summed E-state index contributed by atoms with van der Waals surface area (Å²) in [4.78, 5) is 12.5. The van der Waals surface area contributed by atoms with Gasteiger partial charge in [0.15, 0.2) is 0 Å². The van der Waals surface area contributed by atoms with Gasteiger partial charge in [0.2, 0.25) is 10.0 Å². The van der Waals surface area contributed by atoms with Gasteiger partial charge in [0, 0.05) is 13.1 Å². The molecule has 0 fully saturated rings. The molecular formula is C10H16N2O4S2. The van der Waals surface area contributed by atoms with Crippen LogP contribution in [0, 0.1) is 0 Å². The summed E-state index contributed by atoms with van der Waals surface area (Å²) in [5.41, 5.74) is 0. The van der Waals surface area contributed by atoms with Gasteiger partial charge in [-0.25, -0.2) is 17.9 Å². The lowest BCUT2D eigenvalue weighted by atomic mass is 10.5.